The van der Waals surface area contributed by atoms with Gasteiger partial charge in [-0.3, -0.25) is 0 Å². The molecule has 0 aliphatic carbocycles. The Kier molecular flexibility index (Phi) is 4.77. The Labute approximate surface area is 97.8 Å². The molecule has 0 bridgehead atoms. The van der Waals surface area contributed by atoms with Gasteiger partial charge in [-0.25, -0.2) is 0 Å². The predicted octanol–water partition coefficient (Wildman–Crippen LogP) is 3.38. The molecular formula is C10H15ClF3NO. The van der Waals surface area contributed by atoms with Crippen LogP contribution < -0.4 is 5.32 Å². The van der Waals surface area contributed by atoms with Gasteiger partial charge in [0.15, 0.2) is 0 Å². The van der Waals surface area contributed by atoms with Gasteiger partial charge in [-0.15, -0.1) is 0 Å². The lowest BCUT2D eigenvalue weighted by molar-refractivity contribution is -0.174. The highest BCUT2D eigenvalue weighted by Gasteiger charge is 2.42. The molecule has 1 aliphatic rings. The minimum Gasteiger partial charge on any atom is -0.478 e. The zero-order valence-electron chi connectivity index (χ0n) is 9.03. The second-order valence-corrected chi connectivity index (χ2v) is 4.22. The average Bonchev–Trinajstić information content (AvgIpc) is 2.19. The molecule has 1 unspecified atom stereocenters. The third-order valence-corrected chi connectivity index (χ3v) is 2.71. The molecular weight excluding hydrogens is 243 g/mol. The lowest BCUT2D eigenvalue weighted by Gasteiger charge is -2.27. The highest BCUT2D eigenvalue weighted by molar-refractivity contribution is 6.29. The smallest absolute Gasteiger partial charge is 0.393 e. The van der Waals surface area contributed by atoms with Crippen LogP contribution in [0.15, 0.2) is 10.9 Å². The Hall–Kier alpha value is -0.580. The molecule has 0 saturated carbocycles. The Balaban J connectivity index is 2.50. The van der Waals surface area contributed by atoms with Crippen LogP contribution in [0, 0.1) is 5.92 Å². The van der Waals surface area contributed by atoms with Gasteiger partial charge in [-0.1, -0.05) is 24.9 Å². The van der Waals surface area contributed by atoms with E-state index in [-0.39, 0.29) is 18.0 Å². The van der Waals surface area contributed by atoms with Crippen molar-refractivity contribution in [2.24, 2.45) is 5.92 Å². The summed E-state index contributed by atoms with van der Waals surface area (Å²) in [5.41, 5.74) is 0. The second kappa shape index (κ2) is 5.66. The van der Waals surface area contributed by atoms with E-state index in [2.05, 4.69) is 5.32 Å². The zero-order valence-corrected chi connectivity index (χ0v) is 9.79. The number of unbranched alkanes of at least 4 members (excludes halogenated alkanes) is 1. The van der Waals surface area contributed by atoms with E-state index >= 15 is 0 Å². The number of rotatable bonds is 4. The molecule has 0 aromatic heterocycles. The Morgan fingerprint density at radius 2 is 2.19 bits per heavy atom. The van der Waals surface area contributed by atoms with E-state index in [9.17, 15) is 13.2 Å². The Bertz CT molecular complexity index is 265. The topological polar surface area (TPSA) is 21.3 Å². The fourth-order valence-corrected chi connectivity index (χ4v) is 1.68. The van der Waals surface area contributed by atoms with Crippen molar-refractivity contribution < 1.29 is 17.9 Å². The Morgan fingerprint density at radius 1 is 1.50 bits per heavy atom. The van der Waals surface area contributed by atoms with Crippen LogP contribution in [-0.4, -0.2) is 19.3 Å². The first-order valence-corrected chi connectivity index (χ1v) is 5.65. The monoisotopic (exact) mass is 257 g/mol. The molecule has 0 amide bonds. The van der Waals surface area contributed by atoms with Crippen molar-refractivity contribution in [1.29, 1.82) is 0 Å². The standard InChI is InChI=1S/C10H15ClF3NO/c1-2-3-4-16-9-8(11)5-7(6-15-9)10(12,13)14/h7,15H,2-6H2,1H3. The summed E-state index contributed by atoms with van der Waals surface area (Å²) in [6, 6.07) is 0. The normalized spacial score (nSPS) is 21.9. The summed E-state index contributed by atoms with van der Waals surface area (Å²) in [6.45, 7) is 2.32. The van der Waals surface area contributed by atoms with Gasteiger partial charge in [-0.05, 0) is 6.42 Å². The van der Waals surface area contributed by atoms with Crippen LogP contribution >= 0.6 is 11.6 Å². The van der Waals surface area contributed by atoms with E-state index in [1.165, 1.54) is 0 Å². The van der Waals surface area contributed by atoms with Crippen LogP contribution in [0.4, 0.5) is 13.2 Å². The molecule has 1 N–H and O–H groups in total. The first kappa shape index (κ1) is 13.5. The molecule has 0 aromatic carbocycles. The quantitative estimate of drug-likeness (QED) is 0.780. The van der Waals surface area contributed by atoms with Crippen LogP contribution in [-0.2, 0) is 4.74 Å². The molecule has 0 radical (unpaired) electrons. The van der Waals surface area contributed by atoms with E-state index in [1.807, 2.05) is 6.92 Å². The number of hydrogen-bond acceptors (Lipinski definition) is 2. The number of ether oxygens (including phenoxy) is 1. The SMILES string of the molecule is CCCCOC1=C(Cl)CC(C(F)(F)F)CN1. The van der Waals surface area contributed by atoms with Crippen LogP contribution in [0.25, 0.3) is 0 Å². The van der Waals surface area contributed by atoms with Crippen molar-refractivity contribution in [3.05, 3.63) is 10.9 Å². The largest absolute Gasteiger partial charge is 0.478 e. The van der Waals surface area contributed by atoms with Crippen molar-refractivity contribution in [3.63, 3.8) is 0 Å². The maximum atomic E-state index is 12.4. The van der Waals surface area contributed by atoms with Gasteiger partial charge >= 0.3 is 6.18 Å². The molecule has 1 heterocycles. The molecule has 2 nitrogen and oxygen atoms in total. The molecule has 1 aliphatic heterocycles. The molecule has 0 saturated heterocycles. The summed E-state index contributed by atoms with van der Waals surface area (Å²) < 4.78 is 42.4. The summed E-state index contributed by atoms with van der Waals surface area (Å²) in [5, 5.41) is 2.72. The van der Waals surface area contributed by atoms with Gasteiger partial charge < -0.3 is 10.1 Å². The van der Waals surface area contributed by atoms with E-state index in [0.717, 1.165) is 12.8 Å². The number of alkyl halides is 3. The summed E-state index contributed by atoms with van der Waals surface area (Å²) >= 11 is 5.75. The van der Waals surface area contributed by atoms with E-state index < -0.39 is 12.1 Å². The molecule has 16 heavy (non-hydrogen) atoms. The average molecular weight is 258 g/mol. The van der Waals surface area contributed by atoms with Gasteiger partial charge in [0.25, 0.3) is 0 Å². The highest BCUT2D eigenvalue weighted by Crippen LogP contribution is 2.35. The number of hydrogen-bond donors (Lipinski definition) is 1. The lowest BCUT2D eigenvalue weighted by Crippen LogP contribution is -2.37. The van der Waals surface area contributed by atoms with Crippen LogP contribution in [0.3, 0.4) is 0 Å². The third-order valence-electron chi connectivity index (χ3n) is 2.39. The minimum atomic E-state index is -4.21. The first-order valence-electron chi connectivity index (χ1n) is 5.27. The molecule has 6 heteroatoms. The third kappa shape index (κ3) is 3.77. The maximum Gasteiger partial charge on any atom is 0.393 e. The number of halogens is 4. The van der Waals surface area contributed by atoms with Gasteiger partial charge in [0.05, 0.1) is 17.6 Å². The van der Waals surface area contributed by atoms with Crippen LogP contribution in [0.5, 0.6) is 0 Å². The molecule has 94 valence electrons. The predicted molar refractivity (Wildman–Crippen MR) is 55.9 cm³/mol. The molecule has 0 aromatic rings. The number of nitrogens with one attached hydrogen (secondary N) is 1. The van der Waals surface area contributed by atoms with Crippen molar-refractivity contribution in [2.75, 3.05) is 13.2 Å². The van der Waals surface area contributed by atoms with E-state index in [1.54, 1.807) is 0 Å². The highest BCUT2D eigenvalue weighted by atomic mass is 35.5. The number of allylic oxidation sites excluding steroid dienone is 1. The van der Waals surface area contributed by atoms with Gasteiger partial charge in [0, 0.05) is 13.0 Å². The fourth-order valence-electron chi connectivity index (χ4n) is 1.37. The van der Waals surface area contributed by atoms with E-state index in [0.29, 0.717) is 12.5 Å². The summed E-state index contributed by atoms with van der Waals surface area (Å²) in [5.74, 6) is -1.12. The van der Waals surface area contributed by atoms with Gasteiger partial charge in [-0.2, -0.15) is 13.2 Å². The summed E-state index contributed by atoms with van der Waals surface area (Å²) in [7, 11) is 0. The molecule has 1 rings (SSSR count). The van der Waals surface area contributed by atoms with Gasteiger partial charge in [0.1, 0.15) is 0 Å². The zero-order chi connectivity index (χ0) is 12.2. The van der Waals surface area contributed by atoms with Crippen LogP contribution in [0.2, 0.25) is 0 Å². The van der Waals surface area contributed by atoms with Crippen molar-refractivity contribution in [1.82, 2.24) is 5.32 Å². The minimum absolute atomic E-state index is 0.129. The summed E-state index contributed by atoms with van der Waals surface area (Å²) in [6.07, 6.45) is -2.57. The molecule has 0 spiro atoms. The molecule has 1 atom stereocenters. The second-order valence-electron chi connectivity index (χ2n) is 3.76. The maximum absolute atomic E-state index is 12.4. The van der Waals surface area contributed by atoms with Crippen molar-refractivity contribution in [3.8, 4) is 0 Å². The fraction of sp³-hybridized carbons (Fsp3) is 0.800. The van der Waals surface area contributed by atoms with E-state index in [4.69, 9.17) is 16.3 Å². The van der Waals surface area contributed by atoms with Crippen molar-refractivity contribution in [2.45, 2.75) is 32.4 Å². The lowest BCUT2D eigenvalue weighted by atomic mass is 10.0. The van der Waals surface area contributed by atoms with Crippen LogP contribution in [0.1, 0.15) is 26.2 Å². The Morgan fingerprint density at radius 3 is 2.69 bits per heavy atom. The summed E-state index contributed by atoms with van der Waals surface area (Å²) in [4.78, 5) is 0. The molecule has 0 fully saturated rings. The van der Waals surface area contributed by atoms with Gasteiger partial charge in [0.2, 0.25) is 5.88 Å². The van der Waals surface area contributed by atoms with Crippen molar-refractivity contribution >= 4 is 11.6 Å². The first-order chi connectivity index (χ1) is 7.45.